The van der Waals surface area contributed by atoms with Gasteiger partial charge in [0.1, 0.15) is 5.75 Å². The molecule has 0 saturated carbocycles. The SMILES string of the molecule is COc1cccc(-n2ncc3cc(N)cnc32)c1. The van der Waals surface area contributed by atoms with Gasteiger partial charge in [-0.25, -0.2) is 9.67 Å². The monoisotopic (exact) mass is 240 g/mol. The Morgan fingerprint density at radius 1 is 1.22 bits per heavy atom. The van der Waals surface area contributed by atoms with Crippen molar-refractivity contribution in [2.24, 2.45) is 0 Å². The van der Waals surface area contributed by atoms with Crippen molar-refractivity contribution in [3.05, 3.63) is 42.7 Å². The number of aromatic nitrogens is 3. The second-order valence-electron chi connectivity index (χ2n) is 3.94. The molecule has 0 saturated heterocycles. The molecule has 2 aromatic heterocycles. The summed E-state index contributed by atoms with van der Waals surface area (Å²) >= 11 is 0. The van der Waals surface area contributed by atoms with Gasteiger partial charge in [-0.1, -0.05) is 6.07 Å². The molecule has 3 rings (SSSR count). The summed E-state index contributed by atoms with van der Waals surface area (Å²) in [6, 6.07) is 9.52. The minimum absolute atomic E-state index is 0.632. The van der Waals surface area contributed by atoms with Gasteiger partial charge in [0.25, 0.3) is 0 Å². The van der Waals surface area contributed by atoms with Crippen LogP contribution in [0.1, 0.15) is 0 Å². The van der Waals surface area contributed by atoms with Gasteiger partial charge in [-0.15, -0.1) is 0 Å². The number of ether oxygens (including phenoxy) is 1. The van der Waals surface area contributed by atoms with Crippen LogP contribution in [0.5, 0.6) is 5.75 Å². The first-order valence-electron chi connectivity index (χ1n) is 5.51. The van der Waals surface area contributed by atoms with Gasteiger partial charge in [-0.3, -0.25) is 0 Å². The van der Waals surface area contributed by atoms with E-state index in [1.807, 2.05) is 30.3 Å². The number of pyridine rings is 1. The minimum atomic E-state index is 0.632. The van der Waals surface area contributed by atoms with Crippen molar-refractivity contribution in [2.45, 2.75) is 0 Å². The van der Waals surface area contributed by atoms with E-state index in [-0.39, 0.29) is 0 Å². The standard InChI is InChI=1S/C13H12N4O/c1-18-12-4-2-3-11(6-12)17-13-9(7-16-17)5-10(14)8-15-13/h2-8H,14H2,1H3. The van der Waals surface area contributed by atoms with Crippen LogP contribution in [0.2, 0.25) is 0 Å². The number of nitrogen functional groups attached to an aromatic ring is 1. The first-order chi connectivity index (χ1) is 8.78. The maximum atomic E-state index is 5.70. The Morgan fingerprint density at radius 3 is 2.94 bits per heavy atom. The van der Waals surface area contributed by atoms with E-state index in [1.165, 1.54) is 0 Å². The second-order valence-corrected chi connectivity index (χ2v) is 3.94. The predicted octanol–water partition coefficient (Wildman–Crippen LogP) is 2.01. The van der Waals surface area contributed by atoms with Crippen LogP contribution >= 0.6 is 0 Å². The number of nitrogens with zero attached hydrogens (tertiary/aromatic N) is 3. The van der Waals surface area contributed by atoms with E-state index in [9.17, 15) is 0 Å². The minimum Gasteiger partial charge on any atom is -0.497 e. The highest BCUT2D eigenvalue weighted by Gasteiger charge is 2.07. The maximum absolute atomic E-state index is 5.70. The highest BCUT2D eigenvalue weighted by molar-refractivity contribution is 5.79. The van der Waals surface area contributed by atoms with Crippen molar-refractivity contribution in [1.82, 2.24) is 14.8 Å². The third kappa shape index (κ3) is 1.66. The lowest BCUT2D eigenvalue weighted by atomic mass is 10.3. The molecule has 0 aliphatic carbocycles. The molecule has 0 atom stereocenters. The van der Waals surface area contributed by atoms with E-state index in [1.54, 1.807) is 24.2 Å². The molecule has 1 aromatic carbocycles. The topological polar surface area (TPSA) is 66.0 Å². The van der Waals surface area contributed by atoms with Crippen LogP contribution < -0.4 is 10.5 Å². The fraction of sp³-hybridized carbons (Fsp3) is 0.0769. The largest absolute Gasteiger partial charge is 0.497 e. The van der Waals surface area contributed by atoms with Gasteiger partial charge in [0.15, 0.2) is 5.65 Å². The van der Waals surface area contributed by atoms with E-state index >= 15 is 0 Å². The van der Waals surface area contributed by atoms with E-state index in [0.29, 0.717) is 5.69 Å². The first kappa shape index (κ1) is 10.6. The number of rotatable bonds is 2. The highest BCUT2D eigenvalue weighted by atomic mass is 16.5. The van der Waals surface area contributed by atoms with Gasteiger partial charge in [-0.05, 0) is 18.2 Å². The number of fused-ring (bicyclic) bond motifs is 1. The van der Waals surface area contributed by atoms with Crippen molar-refractivity contribution in [1.29, 1.82) is 0 Å². The number of benzene rings is 1. The Labute approximate surface area is 104 Å². The third-order valence-electron chi connectivity index (χ3n) is 2.73. The van der Waals surface area contributed by atoms with Gasteiger partial charge in [0, 0.05) is 11.5 Å². The fourth-order valence-corrected chi connectivity index (χ4v) is 1.87. The molecule has 0 aliphatic rings. The Hall–Kier alpha value is -2.56. The number of hydrogen-bond donors (Lipinski definition) is 1. The molecular formula is C13H12N4O. The molecule has 90 valence electrons. The zero-order valence-corrected chi connectivity index (χ0v) is 9.87. The van der Waals surface area contributed by atoms with Crippen LogP contribution in [0, 0.1) is 0 Å². The van der Waals surface area contributed by atoms with Crippen LogP contribution in [0.3, 0.4) is 0 Å². The smallest absolute Gasteiger partial charge is 0.163 e. The fourth-order valence-electron chi connectivity index (χ4n) is 1.87. The summed E-state index contributed by atoms with van der Waals surface area (Å²) in [5.41, 5.74) is 8.01. The summed E-state index contributed by atoms with van der Waals surface area (Å²) in [6.45, 7) is 0. The quantitative estimate of drug-likeness (QED) is 0.744. The Kier molecular flexibility index (Phi) is 2.37. The molecule has 3 aromatic rings. The first-order valence-corrected chi connectivity index (χ1v) is 5.51. The predicted molar refractivity (Wildman–Crippen MR) is 69.8 cm³/mol. The van der Waals surface area contributed by atoms with Crippen LogP contribution in [0.15, 0.2) is 42.7 Å². The molecule has 0 radical (unpaired) electrons. The second kappa shape index (κ2) is 4.03. The van der Waals surface area contributed by atoms with Crippen molar-refractivity contribution >= 4 is 16.7 Å². The van der Waals surface area contributed by atoms with Crippen molar-refractivity contribution in [3.8, 4) is 11.4 Å². The lowest BCUT2D eigenvalue weighted by Gasteiger charge is -2.05. The van der Waals surface area contributed by atoms with Gasteiger partial charge < -0.3 is 10.5 Å². The summed E-state index contributed by atoms with van der Waals surface area (Å²) < 4.78 is 6.96. The van der Waals surface area contributed by atoms with Crippen LogP contribution in [0.4, 0.5) is 5.69 Å². The molecule has 18 heavy (non-hydrogen) atoms. The normalized spacial score (nSPS) is 10.7. The molecular weight excluding hydrogens is 228 g/mol. The number of hydrogen-bond acceptors (Lipinski definition) is 4. The van der Waals surface area contributed by atoms with Crippen molar-refractivity contribution in [2.75, 3.05) is 12.8 Å². The molecule has 0 unspecified atom stereocenters. The van der Waals surface area contributed by atoms with E-state index < -0.39 is 0 Å². The summed E-state index contributed by atoms with van der Waals surface area (Å²) in [6.07, 6.45) is 3.37. The number of anilines is 1. The molecule has 5 heteroatoms. The summed E-state index contributed by atoms with van der Waals surface area (Å²) in [5, 5.41) is 5.24. The summed E-state index contributed by atoms with van der Waals surface area (Å²) in [5.74, 6) is 0.784. The van der Waals surface area contributed by atoms with Crippen LogP contribution in [-0.2, 0) is 0 Å². The molecule has 5 nitrogen and oxygen atoms in total. The van der Waals surface area contributed by atoms with E-state index in [0.717, 1.165) is 22.5 Å². The Bertz CT molecular complexity index is 705. The highest BCUT2D eigenvalue weighted by Crippen LogP contribution is 2.21. The van der Waals surface area contributed by atoms with Crippen molar-refractivity contribution < 1.29 is 4.74 Å². The van der Waals surface area contributed by atoms with Crippen molar-refractivity contribution in [3.63, 3.8) is 0 Å². The number of nitrogens with two attached hydrogens (primary N) is 1. The summed E-state index contributed by atoms with van der Waals surface area (Å²) in [7, 11) is 1.64. The van der Waals surface area contributed by atoms with E-state index in [2.05, 4.69) is 10.1 Å². The molecule has 2 N–H and O–H groups in total. The van der Waals surface area contributed by atoms with Gasteiger partial charge in [0.05, 0.1) is 30.9 Å². The molecule has 0 fully saturated rings. The molecule has 0 amide bonds. The molecule has 0 aliphatic heterocycles. The van der Waals surface area contributed by atoms with Crippen LogP contribution in [-0.4, -0.2) is 21.9 Å². The average Bonchev–Trinajstić information content (AvgIpc) is 2.81. The lowest BCUT2D eigenvalue weighted by molar-refractivity contribution is 0.414. The van der Waals surface area contributed by atoms with Gasteiger partial charge in [-0.2, -0.15) is 5.10 Å². The lowest BCUT2D eigenvalue weighted by Crippen LogP contribution is -1.98. The van der Waals surface area contributed by atoms with Gasteiger partial charge in [0.2, 0.25) is 0 Å². The maximum Gasteiger partial charge on any atom is 0.163 e. The Morgan fingerprint density at radius 2 is 2.11 bits per heavy atom. The average molecular weight is 240 g/mol. The Balaban J connectivity index is 2.19. The van der Waals surface area contributed by atoms with Crippen LogP contribution in [0.25, 0.3) is 16.7 Å². The molecule has 0 spiro atoms. The van der Waals surface area contributed by atoms with Gasteiger partial charge >= 0.3 is 0 Å². The molecule has 2 heterocycles. The summed E-state index contributed by atoms with van der Waals surface area (Å²) in [4.78, 5) is 4.31. The molecule has 0 bridgehead atoms. The van der Waals surface area contributed by atoms with E-state index in [4.69, 9.17) is 10.5 Å². The zero-order valence-electron chi connectivity index (χ0n) is 9.87. The number of methoxy groups -OCH3 is 1. The zero-order chi connectivity index (χ0) is 12.5. The third-order valence-corrected chi connectivity index (χ3v) is 2.73.